The molecule has 2 aromatic carbocycles. The largest absolute Gasteiger partial charge is 0.447 e. The Hall–Kier alpha value is -4.24. The Morgan fingerprint density at radius 2 is 1.86 bits per heavy atom. The number of alkyl carbamates (subject to hydrolysis) is 1. The fraction of sp³-hybridized carbons (Fsp3) is 0.414. The maximum atomic E-state index is 14.6. The first-order valence-electron chi connectivity index (χ1n) is 13.1. The molecule has 0 saturated heterocycles. The van der Waals surface area contributed by atoms with Gasteiger partial charge in [0, 0.05) is 20.2 Å². The van der Waals surface area contributed by atoms with Gasteiger partial charge in [-0.05, 0) is 74.9 Å². The molecule has 0 radical (unpaired) electrons. The Balaban J connectivity index is 1.90. The third-order valence-electron chi connectivity index (χ3n) is 6.68. The van der Waals surface area contributed by atoms with E-state index in [0.29, 0.717) is 24.5 Å². The number of guanidine groups is 1. The van der Waals surface area contributed by atoms with Gasteiger partial charge >= 0.3 is 12.2 Å². The van der Waals surface area contributed by atoms with Gasteiger partial charge in [-0.1, -0.05) is 17.7 Å². The molecule has 1 N–H and O–H groups in total. The van der Waals surface area contributed by atoms with Crippen LogP contribution in [0, 0.1) is 28.9 Å². The Kier molecular flexibility index (Phi) is 8.46. The predicted octanol–water partition coefficient (Wildman–Crippen LogP) is 5.26. The highest BCUT2D eigenvalue weighted by molar-refractivity contribution is 6.31. The van der Waals surface area contributed by atoms with Crippen molar-refractivity contribution in [3.05, 3.63) is 69.7 Å². The average molecular weight is 602 g/mol. The van der Waals surface area contributed by atoms with Crippen molar-refractivity contribution < 1.29 is 32.6 Å². The van der Waals surface area contributed by atoms with Crippen molar-refractivity contribution in [2.45, 2.75) is 50.8 Å². The smallest absolute Gasteiger partial charge is 0.414 e. The molecular weight excluding hydrogens is 572 g/mol. The van der Waals surface area contributed by atoms with Crippen LogP contribution in [0.3, 0.4) is 0 Å². The van der Waals surface area contributed by atoms with Gasteiger partial charge in [-0.3, -0.25) is 15.0 Å². The van der Waals surface area contributed by atoms with E-state index >= 15 is 0 Å². The van der Waals surface area contributed by atoms with Crippen LogP contribution >= 0.6 is 11.6 Å². The highest BCUT2D eigenvalue weighted by atomic mass is 35.5. The Labute approximate surface area is 246 Å². The summed E-state index contributed by atoms with van der Waals surface area (Å²) in [6, 6.07) is 8.00. The minimum atomic E-state index is -1.79. The first kappa shape index (κ1) is 30.7. The lowest BCUT2D eigenvalue weighted by Crippen LogP contribution is -2.50. The summed E-state index contributed by atoms with van der Waals surface area (Å²) < 4.78 is 39.8. The highest BCUT2D eigenvalue weighted by Crippen LogP contribution is 2.53. The van der Waals surface area contributed by atoms with Crippen molar-refractivity contribution in [1.29, 1.82) is 5.26 Å². The maximum absolute atomic E-state index is 14.6. The Bertz CT molecular complexity index is 1480. The molecule has 1 aliphatic carbocycles. The van der Waals surface area contributed by atoms with E-state index in [1.165, 1.54) is 37.2 Å². The molecule has 3 amide bonds. The summed E-state index contributed by atoms with van der Waals surface area (Å²) in [6.07, 6.45) is -0.601. The van der Waals surface area contributed by atoms with E-state index in [0.717, 1.165) is 17.0 Å². The topological polar surface area (TPSA) is 124 Å². The number of rotatable bonds is 6. The molecule has 1 heterocycles. The fourth-order valence-electron chi connectivity index (χ4n) is 4.72. The SMILES string of the molecule is CN(C)C(=O)OCC(c1ccc(Cl)c(C#N)c1)N1C(=O)[C@](c2cc(F)cc(F)c2)(C2CC2)N=C1NC(=O)OC(C)(C)C. The van der Waals surface area contributed by atoms with Gasteiger partial charge in [0.15, 0.2) is 5.54 Å². The van der Waals surface area contributed by atoms with Crippen LogP contribution in [0.2, 0.25) is 5.02 Å². The van der Waals surface area contributed by atoms with Gasteiger partial charge in [-0.25, -0.2) is 23.4 Å². The second-order valence-corrected chi connectivity index (χ2v) is 11.7. The number of carbonyl (C=O) groups excluding carboxylic acids is 3. The summed E-state index contributed by atoms with van der Waals surface area (Å²) in [5.74, 6) is -3.22. The molecule has 1 fully saturated rings. The van der Waals surface area contributed by atoms with E-state index in [1.807, 2.05) is 6.07 Å². The van der Waals surface area contributed by atoms with Crippen LogP contribution in [0.4, 0.5) is 18.4 Å². The average Bonchev–Trinajstić information content (AvgIpc) is 3.69. The lowest BCUT2D eigenvalue weighted by molar-refractivity contribution is -0.134. The molecule has 1 saturated carbocycles. The van der Waals surface area contributed by atoms with Gasteiger partial charge in [0.05, 0.1) is 16.6 Å². The first-order chi connectivity index (χ1) is 19.7. The summed E-state index contributed by atoms with van der Waals surface area (Å²) in [5.41, 5.74) is -2.32. The van der Waals surface area contributed by atoms with Crippen LogP contribution in [0.25, 0.3) is 0 Å². The number of halogens is 3. The summed E-state index contributed by atoms with van der Waals surface area (Å²) in [6.45, 7) is 4.52. The van der Waals surface area contributed by atoms with Gasteiger partial charge in [-0.15, -0.1) is 0 Å². The minimum Gasteiger partial charge on any atom is -0.447 e. The van der Waals surface area contributed by atoms with Crippen LogP contribution < -0.4 is 5.32 Å². The normalized spacial score (nSPS) is 19.1. The molecule has 0 bridgehead atoms. The zero-order valence-corrected chi connectivity index (χ0v) is 24.5. The number of hydrogen-bond acceptors (Lipinski definition) is 7. The minimum absolute atomic E-state index is 0.0312. The quantitative estimate of drug-likeness (QED) is 0.482. The van der Waals surface area contributed by atoms with E-state index in [9.17, 15) is 28.4 Å². The van der Waals surface area contributed by atoms with Crippen molar-refractivity contribution in [1.82, 2.24) is 15.1 Å². The number of benzene rings is 2. The molecule has 42 heavy (non-hydrogen) atoms. The number of carbonyl (C=O) groups is 3. The molecule has 0 spiro atoms. The third kappa shape index (κ3) is 6.31. The number of nitriles is 1. The molecule has 13 heteroatoms. The maximum Gasteiger partial charge on any atom is 0.414 e. The molecule has 2 aromatic rings. The van der Waals surface area contributed by atoms with Crippen LogP contribution in [0.5, 0.6) is 0 Å². The summed E-state index contributed by atoms with van der Waals surface area (Å²) in [4.78, 5) is 46.9. The van der Waals surface area contributed by atoms with Gasteiger partial charge in [-0.2, -0.15) is 5.26 Å². The van der Waals surface area contributed by atoms with Crippen molar-refractivity contribution in [2.24, 2.45) is 10.9 Å². The van der Waals surface area contributed by atoms with Crippen LogP contribution in [-0.4, -0.2) is 60.2 Å². The summed E-state index contributed by atoms with van der Waals surface area (Å²) in [5, 5.41) is 12.3. The molecule has 1 unspecified atom stereocenters. The zero-order chi connectivity index (χ0) is 31.0. The van der Waals surface area contributed by atoms with E-state index in [-0.39, 0.29) is 22.1 Å². The lowest BCUT2D eigenvalue weighted by Gasteiger charge is -2.32. The fourth-order valence-corrected chi connectivity index (χ4v) is 4.88. The molecule has 10 nitrogen and oxygen atoms in total. The molecule has 4 rings (SSSR count). The number of aliphatic imine (C=N–C) groups is 1. The van der Waals surface area contributed by atoms with E-state index in [4.69, 9.17) is 21.1 Å². The van der Waals surface area contributed by atoms with Crippen LogP contribution in [-0.2, 0) is 19.8 Å². The Morgan fingerprint density at radius 1 is 1.21 bits per heavy atom. The first-order valence-corrected chi connectivity index (χ1v) is 13.5. The third-order valence-corrected chi connectivity index (χ3v) is 7.01. The van der Waals surface area contributed by atoms with Gasteiger partial charge in [0.2, 0.25) is 5.96 Å². The number of nitrogens with zero attached hydrogens (tertiary/aromatic N) is 4. The Morgan fingerprint density at radius 3 is 2.40 bits per heavy atom. The summed E-state index contributed by atoms with van der Waals surface area (Å²) >= 11 is 6.16. The number of nitrogens with one attached hydrogen (secondary N) is 1. The van der Waals surface area contributed by atoms with Crippen LogP contribution in [0.15, 0.2) is 41.4 Å². The highest BCUT2D eigenvalue weighted by Gasteiger charge is 2.60. The zero-order valence-electron chi connectivity index (χ0n) is 23.7. The molecule has 2 aliphatic rings. The number of hydrogen-bond donors (Lipinski definition) is 1. The van der Waals surface area contributed by atoms with Gasteiger partial charge in [0.25, 0.3) is 5.91 Å². The van der Waals surface area contributed by atoms with E-state index in [1.54, 1.807) is 20.8 Å². The monoisotopic (exact) mass is 601 g/mol. The number of amides is 3. The molecule has 2 atom stereocenters. The molecule has 0 aromatic heterocycles. The molecule has 1 aliphatic heterocycles. The predicted molar refractivity (Wildman–Crippen MR) is 148 cm³/mol. The standard InChI is InChI=1S/C29H30ClF2N5O5/c1-28(2,3)42-26(39)34-25-35-29(18-7-8-18,19-11-20(31)13-21(32)12-19)24(38)37(25)23(15-41-27(40)36(4)5)16-6-9-22(30)17(10-16)14-33/h6,9-13,18,23H,7-8,15H2,1-5H3,(H,34,35,39)/t23?,29-/m1/s1. The second kappa shape index (κ2) is 11.6. The van der Waals surface area contributed by atoms with Gasteiger partial charge in [0.1, 0.15) is 29.9 Å². The van der Waals surface area contributed by atoms with Crippen molar-refractivity contribution in [3.8, 4) is 6.07 Å². The molecular formula is C29H30ClF2N5O5. The van der Waals surface area contributed by atoms with Crippen molar-refractivity contribution in [2.75, 3.05) is 20.7 Å². The lowest BCUT2D eigenvalue weighted by atomic mass is 9.84. The molecule has 222 valence electrons. The van der Waals surface area contributed by atoms with E-state index < -0.39 is 59.4 Å². The van der Waals surface area contributed by atoms with Crippen LogP contribution in [0.1, 0.15) is 56.3 Å². The second-order valence-electron chi connectivity index (χ2n) is 11.3. The summed E-state index contributed by atoms with van der Waals surface area (Å²) in [7, 11) is 2.95. The number of ether oxygens (including phenoxy) is 2. The van der Waals surface area contributed by atoms with E-state index in [2.05, 4.69) is 10.3 Å². The van der Waals surface area contributed by atoms with Crippen molar-refractivity contribution >= 4 is 35.7 Å². The van der Waals surface area contributed by atoms with Crippen molar-refractivity contribution in [3.63, 3.8) is 0 Å². The van der Waals surface area contributed by atoms with Gasteiger partial charge < -0.3 is 14.4 Å².